The zero-order valence-corrected chi connectivity index (χ0v) is 13.5. The Morgan fingerprint density at radius 2 is 2.05 bits per heavy atom. The molecule has 0 radical (unpaired) electrons. The molecule has 114 valence electrons. The van der Waals surface area contributed by atoms with Gasteiger partial charge in [0.25, 0.3) is 0 Å². The van der Waals surface area contributed by atoms with Gasteiger partial charge in [-0.25, -0.2) is 0 Å². The molecule has 0 spiro atoms. The van der Waals surface area contributed by atoms with E-state index >= 15 is 0 Å². The molecule has 0 aliphatic heterocycles. The smallest absolute Gasteiger partial charge is 0.125 e. The van der Waals surface area contributed by atoms with E-state index in [1.807, 2.05) is 39.1 Å². The summed E-state index contributed by atoms with van der Waals surface area (Å²) in [6, 6.07) is 5.65. The number of methoxy groups -OCH3 is 1. The molecule has 1 atom stereocenters. The van der Waals surface area contributed by atoms with Crippen LogP contribution in [0.25, 0.3) is 0 Å². The Hall–Kier alpha value is -0.810. The minimum atomic E-state index is 0.00872. The SMILES string of the molecule is COc1cccc(Cl)c1C(CN)N(C)CCOC(C)C. The monoisotopic (exact) mass is 300 g/mol. The Morgan fingerprint density at radius 3 is 2.60 bits per heavy atom. The average molecular weight is 301 g/mol. The van der Waals surface area contributed by atoms with Gasteiger partial charge in [-0.3, -0.25) is 4.90 Å². The maximum Gasteiger partial charge on any atom is 0.125 e. The number of ether oxygens (including phenoxy) is 2. The Bertz CT molecular complexity index is 413. The summed E-state index contributed by atoms with van der Waals surface area (Å²) in [5.74, 6) is 0.768. The van der Waals surface area contributed by atoms with Crippen molar-refractivity contribution in [1.82, 2.24) is 4.90 Å². The number of benzene rings is 1. The molecule has 1 aromatic rings. The number of halogens is 1. The zero-order valence-electron chi connectivity index (χ0n) is 12.7. The van der Waals surface area contributed by atoms with E-state index in [4.69, 9.17) is 26.8 Å². The van der Waals surface area contributed by atoms with Gasteiger partial charge in [0.1, 0.15) is 5.75 Å². The highest BCUT2D eigenvalue weighted by Gasteiger charge is 2.22. The first-order chi connectivity index (χ1) is 9.51. The third-order valence-electron chi connectivity index (χ3n) is 3.22. The van der Waals surface area contributed by atoms with Crippen molar-refractivity contribution in [2.24, 2.45) is 5.73 Å². The Kier molecular flexibility index (Phi) is 7.30. The first kappa shape index (κ1) is 17.2. The molecule has 0 saturated carbocycles. The summed E-state index contributed by atoms with van der Waals surface area (Å²) in [5, 5.41) is 0.677. The van der Waals surface area contributed by atoms with E-state index in [-0.39, 0.29) is 12.1 Å². The molecule has 1 unspecified atom stereocenters. The van der Waals surface area contributed by atoms with E-state index in [2.05, 4.69) is 4.90 Å². The second-order valence-electron chi connectivity index (χ2n) is 5.01. The van der Waals surface area contributed by atoms with Crippen LogP contribution in [0.2, 0.25) is 5.02 Å². The van der Waals surface area contributed by atoms with Crippen molar-refractivity contribution in [1.29, 1.82) is 0 Å². The van der Waals surface area contributed by atoms with Crippen LogP contribution in [0.3, 0.4) is 0 Å². The second kappa shape index (κ2) is 8.47. The summed E-state index contributed by atoms with van der Waals surface area (Å²) in [6.07, 6.45) is 0.231. The summed E-state index contributed by atoms with van der Waals surface area (Å²) in [7, 11) is 3.66. The van der Waals surface area contributed by atoms with E-state index in [0.29, 0.717) is 18.2 Å². The first-order valence-electron chi connectivity index (χ1n) is 6.85. The van der Waals surface area contributed by atoms with Crippen molar-refractivity contribution in [3.05, 3.63) is 28.8 Å². The normalized spacial score (nSPS) is 13.0. The lowest BCUT2D eigenvalue weighted by atomic mass is 10.0. The summed E-state index contributed by atoms with van der Waals surface area (Å²) in [5.41, 5.74) is 6.87. The second-order valence-corrected chi connectivity index (χ2v) is 5.41. The number of rotatable bonds is 8. The molecular formula is C15H25ClN2O2. The van der Waals surface area contributed by atoms with Gasteiger partial charge >= 0.3 is 0 Å². The van der Waals surface area contributed by atoms with Crippen LogP contribution in [-0.4, -0.2) is 44.9 Å². The van der Waals surface area contributed by atoms with Crippen LogP contribution in [-0.2, 0) is 4.74 Å². The molecule has 5 heteroatoms. The molecule has 0 saturated heterocycles. The van der Waals surface area contributed by atoms with Crippen LogP contribution in [0.1, 0.15) is 25.5 Å². The molecule has 20 heavy (non-hydrogen) atoms. The number of nitrogens with zero attached hydrogens (tertiary/aromatic N) is 1. The third kappa shape index (κ3) is 4.63. The third-order valence-corrected chi connectivity index (χ3v) is 3.55. The summed E-state index contributed by atoms with van der Waals surface area (Å²) < 4.78 is 11.0. The zero-order chi connectivity index (χ0) is 15.1. The van der Waals surface area contributed by atoms with Gasteiger partial charge in [-0.2, -0.15) is 0 Å². The highest BCUT2D eigenvalue weighted by Crippen LogP contribution is 2.34. The minimum absolute atomic E-state index is 0.00872. The van der Waals surface area contributed by atoms with Crippen molar-refractivity contribution in [2.75, 3.05) is 33.9 Å². The lowest BCUT2D eigenvalue weighted by molar-refractivity contribution is 0.0562. The van der Waals surface area contributed by atoms with Gasteiger partial charge in [0.2, 0.25) is 0 Å². The van der Waals surface area contributed by atoms with Crippen LogP contribution in [0.15, 0.2) is 18.2 Å². The molecule has 0 aliphatic rings. The molecule has 4 nitrogen and oxygen atoms in total. The standard InChI is InChI=1S/C15H25ClN2O2/c1-11(2)20-9-8-18(3)13(10-17)15-12(16)6-5-7-14(15)19-4/h5-7,11,13H,8-10,17H2,1-4H3. The predicted octanol–water partition coefficient (Wildman–Crippen LogP) is 2.71. The molecule has 0 heterocycles. The van der Waals surface area contributed by atoms with E-state index < -0.39 is 0 Å². The van der Waals surface area contributed by atoms with Crippen LogP contribution >= 0.6 is 11.6 Å². The maximum absolute atomic E-state index is 6.32. The molecule has 0 bridgehead atoms. The van der Waals surface area contributed by atoms with E-state index in [1.165, 1.54) is 0 Å². The molecular weight excluding hydrogens is 276 g/mol. The van der Waals surface area contributed by atoms with E-state index in [0.717, 1.165) is 17.9 Å². The van der Waals surface area contributed by atoms with E-state index in [9.17, 15) is 0 Å². The van der Waals surface area contributed by atoms with Crippen molar-refractivity contribution in [3.63, 3.8) is 0 Å². The van der Waals surface area contributed by atoms with E-state index in [1.54, 1.807) is 7.11 Å². The molecule has 1 rings (SSSR count). The molecule has 0 amide bonds. The van der Waals surface area contributed by atoms with Gasteiger partial charge in [0, 0.05) is 23.7 Å². The van der Waals surface area contributed by atoms with Crippen molar-refractivity contribution in [2.45, 2.75) is 26.0 Å². The van der Waals surface area contributed by atoms with Crippen LogP contribution < -0.4 is 10.5 Å². The summed E-state index contributed by atoms with van der Waals surface area (Å²) in [6.45, 7) is 5.97. The molecule has 1 aromatic carbocycles. The number of hydrogen-bond donors (Lipinski definition) is 1. The van der Waals surface area contributed by atoms with Gasteiger partial charge in [0.05, 0.1) is 25.9 Å². The molecule has 0 aromatic heterocycles. The maximum atomic E-state index is 6.32. The Morgan fingerprint density at radius 1 is 1.35 bits per heavy atom. The quantitative estimate of drug-likeness (QED) is 0.802. The fourth-order valence-corrected chi connectivity index (χ4v) is 2.42. The highest BCUT2D eigenvalue weighted by atomic mass is 35.5. The highest BCUT2D eigenvalue weighted by molar-refractivity contribution is 6.31. The Labute approximate surface area is 126 Å². The topological polar surface area (TPSA) is 47.7 Å². The summed E-state index contributed by atoms with van der Waals surface area (Å²) >= 11 is 6.32. The van der Waals surface area contributed by atoms with Crippen LogP contribution in [0, 0.1) is 0 Å². The average Bonchev–Trinajstić information content (AvgIpc) is 2.40. The largest absolute Gasteiger partial charge is 0.496 e. The lowest BCUT2D eigenvalue weighted by Gasteiger charge is -2.29. The van der Waals surface area contributed by atoms with Gasteiger partial charge in [-0.15, -0.1) is 0 Å². The van der Waals surface area contributed by atoms with Crippen molar-refractivity contribution < 1.29 is 9.47 Å². The Balaban J connectivity index is 2.84. The molecule has 2 N–H and O–H groups in total. The fraction of sp³-hybridized carbons (Fsp3) is 0.600. The molecule has 0 aliphatic carbocycles. The van der Waals surface area contributed by atoms with Crippen molar-refractivity contribution >= 4 is 11.6 Å². The van der Waals surface area contributed by atoms with Gasteiger partial charge in [-0.05, 0) is 33.0 Å². The summed E-state index contributed by atoms with van der Waals surface area (Å²) in [4.78, 5) is 2.14. The predicted molar refractivity (Wildman–Crippen MR) is 83.5 cm³/mol. The minimum Gasteiger partial charge on any atom is -0.496 e. The van der Waals surface area contributed by atoms with Gasteiger partial charge in [-0.1, -0.05) is 17.7 Å². The van der Waals surface area contributed by atoms with Crippen LogP contribution in [0.4, 0.5) is 0 Å². The first-order valence-corrected chi connectivity index (χ1v) is 7.23. The fourth-order valence-electron chi connectivity index (χ4n) is 2.13. The van der Waals surface area contributed by atoms with Crippen LogP contribution in [0.5, 0.6) is 5.75 Å². The number of nitrogens with two attached hydrogens (primary N) is 1. The number of hydrogen-bond acceptors (Lipinski definition) is 4. The van der Waals surface area contributed by atoms with Gasteiger partial charge < -0.3 is 15.2 Å². The lowest BCUT2D eigenvalue weighted by Crippen LogP contribution is -2.34. The number of likely N-dealkylation sites (N-methyl/N-ethyl adjacent to an activating group) is 1. The van der Waals surface area contributed by atoms with Crippen molar-refractivity contribution in [3.8, 4) is 5.75 Å². The molecule has 0 fully saturated rings. The van der Waals surface area contributed by atoms with Gasteiger partial charge in [0.15, 0.2) is 0 Å².